The van der Waals surface area contributed by atoms with Crippen molar-refractivity contribution in [1.29, 1.82) is 0 Å². The first kappa shape index (κ1) is 30.8. The number of aromatic nitrogens is 2. The Morgan fingerprint density at radius 2 is 1.89 bits per heavy atom. The Morgan fingerprint density at radius 1 is 1.11 bits per heavy atom. The van der Waals surface area contributed by atoms with Gasteiger partial charge in [-0.15, -0.1) is 0 Å². The number of H-pyrrole nitrogens is 1. The van der Waals surface area contributed by atoms with Gasteiger partial charge in [0.1, 0.15) is 11.7 Å². The number of benzene rings is 1. The molecule has 10 nitrogen and oxygen atoms in total. The molecular formula is C34H47N5O5. The smallest absolute Gasteiger partial charge is 0.277 e. The first-order valence-corrected chi connectivity index (χ1v) is 16.2. The summed E-state index contributed by atoms with van der Waals surface area (Å²) in [5.74, 6) is 0.0436. The van der Waals surface area contributed by atoms with Crippen molar-refractivity contribution in [2.75, 3.05) is 37.8 Å². The third-order valence-electron chi connectivity index (χ3n) is 9.74. The highest BCUT2D eigenvalue weighted by atomic mass is 16.7. The fourth-order valence-corrected chi connectivity index (χ4v) is 7.06. The van der Waals surface area contributed by atoms with E-state index in [0.29, 0.717) is 30.3 Å². The Labute approximate surface area is 260 Å². The number of nitrogens with one attached hydrogen (secondary N) is 2. The quantitative estimate of drug-likeness (QED) is 0.459. The van der Waals surface area contributed by atoms with Crippen molar-refractivity contribution in [2.45, 2.75) is 89.2 Å². The van der Waals surface area contributed by atoms with E-state index in [0.717, 1.165) is 69.7 Å². The van der Waals surface area contributed by atoms with Crippen LogP contribution in [0.15, 0.2) is 49.1 Å². The number of amides is 2. The number of rotatable bonds is 8. The van der Waals surface area contributed by atoms with E-state index in [-0.39, 0.29) is 35.5 Å². The van der Waals surface area contributed by atoms with Gasteiger partial charge in [0.05, 0.1) is 31.8 Å². The number of hydrogen-bond acceptors (Lipinski definition) is 7. The summed E-state index contributed by atoms with van der Waals surface area (Å²) >= 11 is 0. The van der Waals surface area contributed by atoms with Crippen LogP contribution in [0, 0.1) is 11.8 Å². The Balaban J connectivity index is 1.24. The van der Waals surface area contributed by atoms with Gasteiger partial charge in [0.2, 0.25) is 5.91 Å². The van der Waals surface area contributed by atoms with Gasteiger partial charge in [0, 0.05) is 49.0 Å². The second kappa shape index (κ2) is 13.0. The van der Waals surface area contributed by atoms with Crippen molar-refractivity contribution in [3.63, 3.8) is 0 Å². The fourth-order valence-electron chi connectivity index (χ4n) is 7.06. The maximum Gasteiger partial charge on any atom is 0.277 e. The standard InChI is InChI=1S/C34H47N5O5/c1-22(24-6-5-16-42-20-24)38-14-11-26(12-15-38)37-31(40)30(29-18-23-13-17-43-33(23)44-29)39(32(41)28-19-35-21-36-28)27-9-7-25(8-10-27)34(2,3)4/h7-10,19,21,23-24,26,29-30,33H,1,5-6,11-18,20H2,2-4H3,(H,35,36)(H,37,40). The molecule has 44 heavy (non-hydrogen) atoms. The van der Waals surface area contributed by atoms with E-state index >= 15 is 0 Å². The molecule has 0 bridgehead atoms. The Hall–Kier alpha value is -3.21. The zero-order chi connectivity index (χ0) is 30.8. The summed E-state index contributed by atoms with van der Waals surface area (Å²) in [5, 5.41) is 3.33. The summed E-state index contributed by atoms with van der Waals surface area (Å²) in [4.78, 5) is 39.5. The van der Waals surface area contributed by atoms with Crippen LogP contribution in [0.1, 0.15) is 75.3 Å². The highest BCUT2D eigenvalue weighted by Crippen LogP contribution is 2.39. The van der Waals surface area contributed by atoms with Gasteiger partial charge in [-0.3, -0.25) is 14.5 Å². The van der Waals surface area contributed by atoms with Crippen LogP contribution in [0.2, 0.25) is 0 Å². The average Bonchev–Trinajstić information content (AvgIpc) is 3.79. The number of hydrogen-bond donors (Lipinski definition) is 2. The molecule has 1 aromatic heterocycles. The number of anilines is 1. The van der Waals surface area contributed by atoms with Gasteiger partial charge < -0.3 is 29.4 Å². The van der Waals surface area contributed by atoms with Gasteiger partial charge in [-0.05, 0) is 61.6 Å². The molecule has 6 rings (SSSR count). The molecule has 0 spiro atoms. The molecule has 4 aliphatic heterocycles. The maximum absolute atomic E-state index is 14.4. The number of carbonyl (C=O) groups excluding carboxylic acids is 2. The molecule has 10 heteroatoms. The molecule has 1 aromatic carbocycles. The van der Waals surface area contributed by atoms with Crippen molar-refractivity contribution < 1.29 is 23.8 Å². The monoisotopic (exact) mass is 605 g/mol. The van der Waals surface area contributed by atoms with E-state index < -0.39 is 12.1 Å². The summed E-state index contributed by atoms with van der Waals surface area (Å²) in [6.45, 7) is 14.7. The fraction of sp³-hybridized carbons (Fsp3) is 0.618. The number of ether oxygens (including phenoxy) is 3. The summed E-state index contributed by atoms with van der Waals surface area (Å²) in [6.07, 6.45) is 7.46. The average molecular weight is 606 g/mol. The van der Waals surface area contributed by atoms with Crippen molar-refractivity contribution in [3.8, 4) is 0 Å². The lowest BCUT2D eigenvalue weighted by atomic mass is 9.87. The van der Waals surface area contributed by atoms with E-state index in [4.69, 9.17) is 14.2 Å². The SMILES string of the molecule is C=C(C1CCCOC1)N1CCC(NC(=O)C(C2CC3CCOC3O2)N(C(=O)c2cnc[nH]2)c2ccc(C(C)(C)C)cc2)CC1. The third kappa shape index (κ3) is 6.57. The van der Waals surface area contributed by atoms with Gasteiger partial charge >= 0.3 is 0 Å². The van der Waals surface area contributed by atoms with Gasteiger partial charge in [-0.25, -0.2) is 4.98 Å². The Bertz CT molecular complexity index is 1280. The number of likely N-dealkylation sites (tertiary alicyclic amines) is 1. The first-order valence-electron chi connectivity index (χ1n) is 16.2. The predicted octanol–water partition coefficient (Wildman–Crippen LogP) is 4.40. The van der Waals surface area contributed by atoms with Crippen LogP contribution in [0.5, 0.6) is 0 Å². The third-order valence-corrected chi connectivity index (χ3v) is 9.74. The Kier molecular flexibility index (Phi) is 9.12. The van der Waals surface area contributed by atoms with Crippen molar-refractivity contribution in [1.82, 2.24) is 20.2 Å². The van der Waals surface area contributed by atoms with E-state index in [1.807, 2.05) is 24.3 Å². The summed E-state index contributed by atoms with van der Waals surface area (Å²) < 4.78 is 17.9. The van der Waals surface area contributed by atoms with Crippen molar-refractivity contribution in [2.24, 2.45) is 11.8 Å². The molecule has 0 aliphatic carbocycles. The van der Waals surface area contributed by atoms with Crippen LogP contribution in [0.3, 0.4) is 0 Å². The molecular weight excluding hydrogens is 558 g/mol. The van der Waals surface area contributed by atoms with Crippen LogP contribution in [0.25, 0.3) is 0 Å². The molecule has 5 atom stereocenters. The van der Waals surface area contributed by atoms with E-state index in [2.05, 4.69) is 47.5 Å². The van der Waals surface area contributed by atoms with Gasteiger partial charge in [-0.1, -0.05) is 39.5 Å². The molecule has 238 valence electrons. The number of nitrogens with zero attached hydrogens (tertiary/aromatic N) is 3. The highest BCUT2D eigenvalue weighted by molar-refractivity contribution is 6.09. The van der Waals surface area contributed by atoms with Crippen LogP contribution in [0.4, 0.5) is 5.69 Å². The minimum atomic E-state index is -0.882. The van der Waals surface area contributed by atoms with E-state index in [1.54, 1.807) is 4.90 Å². The van der Waals surface area contributed by atoms with Crippen LogP contribution in [-0.2, 0) is 24.4 Å². The molecule has 0 saturated carbocycles. The topological polar surface area (TPSA) is 109 Å². The first-order chi connectivity index (χ1) is 21.2. The zero-order valence-corrected chi connectivity index (χ0v) is 26.3. The maximum atomic E-state index is 14.4. The van der Waals surface area contributed by atoms with E-state index in [9.17, 15) is 9.59 Å². The molecule has 5 unspecified atom stereocenters. The molecule has 4 fully saturated rings. The second-order valence-corrected chi connectivity index (χ2v) is 13.8. The minimum absolute atomic E-state index is 0.0128. The molecule has 2 N–H and O–H groups in total. The number of aromatic amines is 1. The van der Waals surface area contributed by atoms with Gasteiger partial charge in [0.25, 0.3) is 5.91 Å². The van der Waals surface area contributed by atoms with Gasteiger partial charge in [0.15, 0.2) is 6.29 Å². The largest absolute Gasteiger partial charge is 0.381 e. The lowest BCUT2D eigenvalue weighted by molar-refractivity contribution is -0.138. The molecule has 2 amide bonds. The Morgan fingerprint density at radius 3 is 2.52 bits per heavy atom. The number of imidazole rings is 1. The molecule has 4 saturated heterocycles. The summed E-state index contributed by atoms with van der Waals surface area (Å²) in [5.41, 5.74) is 3.19. The number of piperidine rings is 1. The van der Waals surface area contributed by atoms with Crippen molar-refractivity contribution >= 4 is 17.5 Å². The van der Waals surface area contributed by atoms with Gasteiger partial charge in [-0.2, -0.15) is 0 Å². The minimum Gasteiger partial charge on any atom is -0.381 e. The lowest BCUT2D eigenvalue weighted by Gasteiger charge is -2.40. The normalized spacial score (nSPS) is 26.7. The van der Waals surface area contributed by atoms with Crippen LogP contribution < -0.4 is 10.2 Å². The number of fused-ring (bicyclic) bond motifs is 1. The van der Waals surface area contributed by atoms with Crippen LogP contribution >= 0.6 is 0 Å². The highest BCUT2D eigenvalue weighted by Gasteiger charge is 2.48. The summed E-state index contributed by atoms with van der Waals surface area (Å²) in [6, 6.07) is 7.03. The number of carbonyl (C=O) groups is 2. The van der Waals surface area contributed by atoms with Crippen molar-refractivity contribution in [3.05, 3.63) is 60.3 Å². The predicted molar refractivity (Wildman–Crippen MR) is 167 cm³/mol. The van der Waals surface area contributed by atoms with E-state index in [1.165, 1.54) is 12.5 Å². The molecule has 5 heterocycles. The van der Waals surface area contributed by atoms with Crippen LogP contribution in [-0.4, -0.2) is 84.1 Å². The summed E-state index contributed by atoms with van der Waals surface area (Å²) in [7, 11) is 0. The molecule has 2 aromatic rings. The lowest BCUT2D eigenvalue weighted by Crippen LogP contribution is -2.58. The molecule has 4 aliphatic rings. The molecule has 0 radical (unpaired) electrons. The second-order valence-electron chi connectivity index (χ2n) is 13.8. The zero-order valence-electron chi connectivity index (χ0n) is 26.3.